The van der Waals surface area contributed by atoms with E-state index in [1.54, 1.807) is 0 Å². The largest absolute Gasteiger partial charge is 0.306 e. The monoisotopic (exact) mass is 356 g/mol. The van der Waals surface area contributed by atoms with Gasteiger partial charge in [0.1, 0.15) is 0 Å². The molecule has 0 aromatic carbocycles. The van der Waals surface area contributed by atoms with Crippen molar-refractivity contribution >= 4 is 0 Å². The van der Waals surface area contributed by atoms with Crippen LogP contribution in [0.15, 0.2) is 11.1 Å². The van der Waals surface area contributed by atoms with Crippen LogP contribution in [0, 0.1) is 28.6 Å². The molecule has 0 N–H and O–H groups in total. The van der Waals surface area contributed by atoms with Crippen LogP contribution in [0.5, 0.6) is 0 Å². The summed E-state index contributed by atoms with van der Waals surface area (Å²) in [6.07, 6.45) is 13.1. The van der Waals surface area contributed by atoms with Gasteiger partial charge in [0.05, 0.1) is 0 Å². The molecule has 7 atom stereocenters. The number of nitrogens with zero attached hydrogens (tertiary/aromatic N) is 2. The smallest absolute Gasteiger partial charge is 0.00983 e. The molecule has 1 aliphatic heterocycles. The molecule has 5 rings (SSSR count). The van der Waals surface area contributed by atoms with Crippen LogP contribution in [0.25, 0.3) is 0 Å². The summed E-state index contributed by atoms with van der Waals surface area (Å²) in [6, 6.07) is 1.63. The topological polar surface area (TPSA) is 6.48 Å². The Kier molecular flexibility index (Phi) is 3.98. The van der Waals surface area contributed by atoms with Crippen LogP contribution in [0.3, 0.4) is 0 Å². The van der Waals surface area contributed by atoms with Crippen molar-refractivity contribution < 1.29 is 0 Å². The quantitative estimate of drug-likeness (QED) is 0.613. The lowest BCUT2D eigenvalue weighted by Crippen LogP contribution is -2.48. The molecule has 146 valence electrons. The first-order valence-electron chi connectivity index (χ1n) is 11.4. The summed E-state index contributed by atoms with van der Waals surface area (Å²) in [5, 5.41) is 0. The van der Waals surface area contributed by atoms with E-state index < -0.39 is 0 Å². The fourth-order valence-corrected chi connectivity index (χ4v) is 8.71. The molecule has 0 radical (unpaired) electrons. The first-order chi connectivity index (χ1) is 12.4. The van der Waals surface area contributed by atoms with E-state index in [-0.39, 0.29) is 0 Å². The molecule has 4 aliphatic carbocycles. The van der Waals surface area contributed by atoms with E-state index in [0.29, 0.717) is 10.8 Å². The van der Waals surface area contributed by atoms with Crippen LogP contribution in [0.2, 0.25) is 0 Å². The Hall–Kier alpha value is -0.340. The maximum Gasteiger partial charge on any atom is 0.00983 e. The van der Waals surface area contributed by atoms with Gasteiger partial charge in [-0.25, -0.2) is 0 Å². The number of rotatable bonds is 1. The van der Waals surface area contributed by atoms with E-state index in [1.807, 2.05) is 11.1 Å². The van der Waals surface area contributed by atoms with Crippen molar-refractivity contribution in [2.45, 2.75) is 83.7 Å². The second-order valence-corrected chi connectivity index (χ2v) is 11.3. The fraction of sp³-hybridized carbons (Fsp3) is 0.917. The van der Waals surface area contributed by atoms with Crippen LogP contribution in [-0.2, 0) is 0 Å². The number of hydrogen-bond donors (Lipinski definition) is 0. The van der Waals surface area contributed by atoms with E-state index in [1.165, 1.54) is 64.3 Å². The highest BCUT2D eigenvalue weighted by molar-refractivity contribution is 5.34. The fourth-order valence-electron chi connectivity index (χ4n) is 8.71. The summed E-state index contributed by atoms with van der Waals surface area (Å²) in [6.45, 7) is 6.53. The van der Waals surface area contributed by atoms with E-state index in [4.69, 9.17) is 0 Å². The summed E-state index contributed by atoms with van der Waals surface area (Å²) in [5.74, 6) is 2.83. The molecule has 1 heterocycles. The summed E-state index contributed by atoms with van der Waals surface area (Å²) in [7, 11) is 6.98. The molecule has 0 aromatic heterocycles. The lowest BCUT2D eigenvalue weighted by atomic mass is 9.51. The summed E-state index contributed by atoms with van der Waals surface area (Å²) in [5.41, 5.74) is 5.21. The van der Waals surface area contributed by atoms with Gasteiger partial charge in [-0.15, -0.1) is 0 Å². The van der Waals surface area contributed by atoms with Gasteiger partial charge in [0, 0.05) is 18.6 Å². The zero-order valence-corrected chi connectivity index (χ0v) is 17.9. The molecule has 0 bridgehead atoms. The lowest BCUT2D eigenvalue weighted by Gasteiger charge is -2.55. The van der Waals surface area contributed by atoms with Crippen molar-refractivity contribution in [3.63, 3.8) is 0 Å². The second-order valence-electron chi connectivity index (χ2n) is 11.3. The van der Waals surface area contributed by atoms with Crippen molar-refractivity contribution in [1.29, 1.82) is 0 Å². The molecule has 2 nitrogen and oxygen atoms in total. The molecule has 1 saturated heterocycles. The van der Waals surface area contributed by atoms with Gasteiger partial charge >= 0.3 is 0 Å². The Morgan fingerprint density at radius 1 is 0.962 bits per heavy atom. The van der Waals surface area contributed by atoms with Crippen LogP contribution in [0.1, 0.15) is 71.6 Å². The molecule has 2 heteroatoms. The minimum absolute atomic E-state index is 0.578. The van der Waals surface area contributed by atoms with E-state index in [9.17, 15) is 0 Å². The van der Waals surface area contributed by atoms with Gasteiger partial charge in [0.25, 0.3) is 0 Å². The highest BCUT2D eigenvalue weighted by Crippen LogP contribution is 2.66. The number of likely N-dealkylation sites (tertiary alicyclic amines) is 1. The Labute approximate surface area is 161 Å². The number of allylic oxidation sites excluding steroid dienone is 2. The molecule has 2 saturated carbocycles. The first-order valence-corrected chi connectivity index (χ1v) is 11.4. The molecule has 0 aromatic rings. The summed E-state index contributed by atoms with van der Waals surface area (Å²) in [4.78, 5) is 5.19. The molecule has 5 aliphatic rings. The van der Waals surface area contributed by atoms with Crippen LogP contribution < -0.4 is 0 Å². The van der Waals surface area contributed by atoms with Gasteiger partial charge in [-0.1, -0.05) is 18.1 Å². The highest BCUT2D eigenvalue weighted by Gasteiger charge is 2.61. The normalized spacial score (nSPS) is 51.2. The predicted octanol–water partition coefficient (Wildman–Crippen LogP) is 4.95. The molecule has 26 heavy (non-hydrogen) atoms. The average Bonchev–Trinajstić information content (AvgIpc) is 3.08. The predicted molar refractivity (Wildman–Crippen MR) is 109 cm³/mol. The Balaban J connectivity index is 1.47. The molecule has 3 unspecified atom stereocenters. The van der Waals surface area contributed by atoms with Crippen molar-refractivity contribution in [2.75, 3.05) is 27.7 Å². The van der Waals surface area contributed by atoms with Gasteiger partial charge in [0.15, 0.2) is 0 Å². The van der Waals surface area contributed by atoms with Gasteiger partial charge < -0.3 is 9.80 Å². The third-order valence-electron chi connectivity index (χ3n) is 10.2. The Bertz CT molecular complexity index is 622. The molecule has 0 amide bonds. The maximum atomic E-state index is 2.69. The zero-order chi connectivity index (χ0) is 18.3. The zero-order valence-electron chi connectivity index (χ0n) is 17.9. The molecule has 3 fully saturated rings. The first kappa shape index (κ1) is 17.7. The summed E-state index contributed by atoms with van der Waals surface area (Å²) < 4.78 is 0. The van der Waals surface area contributed by atoms with E-state index in [2.05, 4.69) is 44.8 Å². The highest BCUT2D eigenvalue weighted by atomic mass is 15.2. The lowest BCUT2D eigenvalue weighted by molar-refractivity contribution is 0.0417. The van der Waals surface area contributed by atoms with Crippen molar-refractivity contribution in [3.8, 4) is 0 Å². The summed E-state index contributed by atoms with van der Waals surface area (Å²) >= 11 is 0. The minimum atomic E-state index is 0.578. The second kappa shape index (κ2) is 5.83. The van der Waals surface area contributed by atoms with Crippen LogP contribution >= 0.6 is 0 Å². The van der Waals surface area contributed by atoms with Gasteiger partial charge in [-0.05, 0) is 114 Å². The van der Waals surface area contributed by atoms with Crippen molar-refractivity contribution in [1.82, 2.24) is 9.80 Å². The average molecular weight is 357 g/mol. The van der Waals surface area contributed by atoms with Gasteiger partial charge in [-0.3, -0.25) is 0 Å². The van der Waals surface area contributed by atoms with E-state index in [0.717, 1.165) is 29.8 Å². The van der Waals surface area contributed by atoms with Crippen molar-refractivity contribution in [2.24, 2.45) is 28.6 Å². The number of fused-ring (bicyclic) bond motifs is 3. The standard InChI is InChI=1S/C24H40N2/c1-16-20-8-9-22-19-10-12-23(2)14-17(25(3)4)6-7-21(23)18(19)11-13-24(20,22)15-26(16)5/h16-17,20-22H,6-15H2,1-5H3/t16-,17?,20+,21?,22+,23+,24?/m0/s1. The van der Waals surface area contributed by atoms with E-state index >= 15 is 0 Å². The third kappa shape index (κ3) is 2.24. The minimum Gasteiger partial charge on any atom is -0.306 e. The molecular weight excluding hydrogens is 316 g/mol. The molecular formula is C24H40N2. The van der Waals surface area contributed by atoms with Crippen LogP contribution in [-0.4, -0.2) is 49.6 Å². The molecule has 1 spiro atoms. The van der Waals surface area contributed by atoms with Crippen LogP contribution in [0.4, 0.5) is 0 Å². The SMILES string of the molecule is C[C@H]1[C@H]2CC[C@@H]3C4=C(CCC32CN1C)C1CCC(N(C)C)C[C@@]1(C)CC4. The van der Waals surface area contributed by atoms with Gasteiger partial charge in [-0.2, -0.15) is 0 Å². The maximum absolute atomic E-state index is 2.69. The third-order valence-corrected chi connectivity index (χ3v) is 10.2. The van der Waals surface area contributed by atoms with Gasteiger partial charge in [0.2, 0.25) is 0 Å². The Morgan fingerprint density at radius 3 is 2.42 bits per heavy atom. The Morgan fingerprint density at radius 2 is 1.65 bits per heavy atom. The van der Waals surface area contributed by atoms with Crippen molar-refractivity contribution in [3.05, 3.63) is 11.1 Å². The number of hydrogen-bond acceptors (Lipinski definition) is 2.